The molecule has 1 aromatic carbocycles. The highest BCUT2D eigenvalue weighted by Gasteiger charge is 2.18. The van der Waals surface area contributed by atoms with Crippen molar-refractivity contribution < 1.29 is 9.47 Å². The van der Waals surface area contributed by atoms with Crippen LogP contribution < -0.4 is 15.4 Å². The zero-order chi connectivity index (χ0) is 22.5. The van der Waals surface area contributed by atoms with Gasteiger partial charge in [0.25, 0.3) is 0 Å². The fraction of sp³-hybridized carbons (Fsp3) is 0.720. The first-order chi connectivity index (χ1) is 15.0. The van der Waals surface area contributed by atoms with E-state index in [9.17, 15) is 0 Å². The number of likely N-dealkylation sites (N-methyl/N-ethyl adjacent to an activating group) is 1. The minimum Gasteiger partial charge on any atom is -0.492 e. The molecule has 2 N–H and O–H groups in total. The van der Waals surface area contributed by atoms with Gasteiger partial charge in [-0.25, -0.2) is 4.99 Å². The minimum atomic E-state index is 0.405. The summed E-state index contributed by atoms with van der Waals surface area (Å²) in [5.41, 5.74) is 1.15. The molecule has 1 aromatic rings. The molecule has 1 heterocycles. The molecule has 0 aromatic heterocycles. The van der Waals surface area contributed by atoms with Crippen LogP contribution in [-0.4, -0.2) is 62.9 Å². The van der Waals surface area contributed by atoms with Crippen molar-refractivity contribution in [2.24, 2.45) is 10.9 Å². The summed E-state index contributed by atoms with van der Waals surface area (Å²) in [6, 6.07) is 9.30. The third-order valence-electron chi connectivity index (χ3n) is 5.75. The maximum atomic E-state index is 6.03. The highest BCUT2D eigenvalue weighted by Crippen LogP contribution is 2.16. The van der Waals surface area contributed by atoms with Gasteiger partial charge in [-0.1, -0.05) is 26.0 Å². The number of aliphatic imine (C=N–C) groups is 1. The Morgan fingerprint density at radius 2 is 2.00 bits per heavy atom. The lowest BCUT2D eigenvalue weighted by molar-refractivity contribution is 0.0392. The molecule has 0 bridgehead atoms. The van der Waals surface area contributed by atoms with Gasteiger partial charge < -0.3 is 20.1 Å². The van der Waals surface area contributed by atoms with Crippen molar-refractivity contribution in [1.82, 2.24) is 15.5 Å². The van der Waals surface area contributed by atoms with E-state index in [0.717, 1.165) is 68.8 Å². The van der Waals surface area contributed by atoms with Gasteiger partial charge >= 0.3 is 0 Å². The van der Waals surface area contributed by atoms with E-state index in [2.05, 4.69) is 62.4 Å². The zero-order valence-corrected chi connectivity index (χ0v) is 20.3. The highest BCUT2D eigenvalue weighted by atomic mass is 16.5. The van der Waals surface area contributed by atoms with E-state index in [1.807, 2.05) is 12.1 Å². The van der Waals surface area contributed by atoms with E-state index in [4.69, 9.17) is 14.5 Å². The summed E-state index contributed by atoms with van der Waals surface area (Å²) in [6.45, 7) is 13.7. The Balaban J connectivity index is 1.81. The van der Waals surface area contributed by atoms with Gasteiger partial charge in [-0.3, -0.25) is 4.90 Å². The Kier molecular flexibility index (Phi) is 11.8. The quantitative estimate of drug-likeness (QED) is 0.385. The minimum absolute atomic E-state index is 0.405. The number of guanidine groups is 1. The van der Waals surface area contributed by atoms with E-state index in [-0.39, 0.29) is 0 Å². The van der Waals surface area contributed by atoms with Gasteiger partial charge in [0, 0.05) is 38.4 Å². The highest BCUT2D eigenvalue weighted by molar-refractivity contribution is 5.80. The van der Waals surface area contributed by atoms with E-state index in [1.54, 1.807) is 0 Å². The van der Waals surface area contributed by atoms with E-state index >= 15 is 0 Å². The van der Waals surface area contributed by atoms with Crippen molar-refractivity contribution in [3.8, 4) is 5.75 Å². The van der Waals surface area contributed by atoms with Crippen molar-refractivity contribution >= 4 is 5.96 Å². The Labute approximate surface area is 189 Å². The summed E-state index contributed by atoms with van der Waals surface area (Å²) in [6.07, 6.45) is 4.59. The van der Waals surface area contributed by atoms with Crippen molar-refractivity contribution in [3.63, 3.8) is 0 Å². The van der Waals surface area contributed by atoms with E-state index in [1.165, 1.54) is 6.42 Å². The van der Waals surface area contributed by atoms with Gasteiger partial charge in [-0.2, -0.15) is 0 Å². The summed E-state index contributed by atoms with van der Waals surface area (Å²) in [4.78, 5) is 7.17. The summed E-state index contributed by atoms with van der Waals surface area (Å²) >= 11 is 0. The van der Waals surface area contributed by atoms with Crippen molar-refractivity contribution in [2.75, 3.05) is 40.0 Å². The first-order valence-corrected chi connectivity index (χ1v) is 12.0. The number of nitrogens with zero attached hydrogens (tertiary/aromatic N) is 2. The van der Waals surface area contributed by atoms with Crippen molar-refractivity contribution in [3.05, 3.63) is 29.8 Å². The summed E-state index contributed by atoms with van der Waals surface area (Å²) < 4.78 is 11.5. The molecule has 0 amide bonds. The molecule has 0 spiro atoms. The third-order valence-corrected chi connectivity index (χ3v) is 5.75. The summed E-state index contributed by atoms with van der Waals surface area (Å²) in [5.74, 6) is 2.52. The Morgan fingerprint density at radius 3 is 2.71 bits per heavy atom. The predicted octanol–water partition coefficient (Wildman–Crippen LogP) is 4.06. The molecule has 2 rings (SSSR count). The van der Waals surface area contributed by atoms with Gasteiger partial charge in [0.2, 0.25) is 0 Å². The first kappa shape index (κ1) is 25.5. The SMILES string of the molecule is CCNC(=NCc1cccc(OCCN(C)C2CCOCC2)c1)NC(C)CCC(C)C. The molecule has 0 aliphatic carbocycles. The fourth-order valence-electron chi connectivity index (χ4n) is 3.73. The molecule has 1 aliphatic heterocycles. The molecule has 6 nitrogen and oxygen atoms in total. The van der Waals surface area contributed by atoms with Gasteiger partial charge in [-0.05, 0) is 70.2 Å². The van der Waals surface area contributed by atoms with Crippen LogP contribution in [0, 0.1) is 5.92 Å². The van der Waals surface area contributed by atoms with E-state index < -0.39 is 0 Å². The van der Waals surface area contributed by atoms with Crippen LogP contribution in [0.5, 0.6) is 5.75 Å². The van der Waals surface area contributed by atoms with Crippen molar-refractivity contribution in [2.45, 2.75) is 72.0 Å². The number of hydrogen-bond acceptors (Lipinski definition) is 4. The number of nitrogens with one attached hydrogen (secondary N) is 2. The molecule has 176 valence electrons. The number of ether oxygens (including phenoxy) is 2. The molecule has 1 aliphatic rings. The third kappa shape index (κ3) is 10.4. The van der Waals surface area contributed by atoms with Crippen LogP contribution >= 0.6 is 0 Å². The smallest absolute Gasteiger partial charge is 0.191 e. The molecule has 1 fully saturated rings. The molecular formula is C25H44N4O2. The van der Waals surface area contributed by atoms with Gasteiger partial charge in [0.15, 0.2) is 5.96 Å². The second kappa shape index (κ2) is 14.3. The standard InChI is InChI=1S/C25H44N4O2/c1-6-26-25(28-21(4)11-10-20(2)3)27-19-22-8-7-9-24(18-22)31-17-14-29(5)23-12-15-30-16-13-23/h7-9,18,20-21,23H,6,10-17,19H2,1-5H3,(H2,26,27,28). The van der Waals surface area contributed by atoms with Crippen LogP contribution in [0.1, 0.15) is 58.9 Å². The molecular weight excluding hydrogens is 388 g/mol. The van der Waals surface area contributed by atoms with Crippen LogP contribution in [0.2, 0.25) is 0 Å². The molecule has 31 heavy (non-hydrogen) atoms. The lowest BCUT2D eigenvalue weighted by Gasteiger charge is -2.31. The summed E-state index contributed by atoms with van der Waals surface area (Å²) in [7, 11) is 2.18. The number of rotatable bonds is 12. The molecule has 0 saturated carbocycles. The average Bonchev–Trinajstić information content (AvgIpc) is 2.77. The molecule has 1 unspecified atom stereocenters. The molecule has 0 radical (unpaired) electrons. The van der Waals surface area contributed by atoms with E-state index in [0.29, 0.717) is 25.2 Å². The van der Waals surface area contributed by atoms with Crippen LogP contribution in [-0.2, 0) is 11.3 Å². The first-order valence-electron chi connectivity index (χ1n) is 12.0. The normalized spacial score (nSPS) is 16.5. The second-order valence-corrected chi connectivity index (χ2v) is 9.03. The average molecular weight is 433 g/mol. The maximum absolute atomic E-state index is 6.03. The number of hydrogen-bond donors (Lipinski definition) is 2. The monoisotopic (exact) mass is 432 g/mol. The lowest BCUT2D eigenvalue weighted by Crippen LogP contribution is -2.42. The Hall–Kier alpha value is -1.79. The lowest BCUT2D eigenvalue weighted by atomic mass is 10.0. The summed E-state index contributed by atoms with van der Waals surface area (Å²) in [5, 5.41) is 6.89. The van der Waals surface area contributed by atoms with Gasteiger partial charge in [0.05, 0.1) is 6.54 Å². The van der Waals surface area contributed by atoms with Crippen LogP contribution in [0.25, 0.3) is 0 Å². The fourth-order valence-corrected chi connectivity index (χ4v) is 3.73. The molecule has 6 heteroatoms. The van der Waals surface area contributed by atoms with Gasteiger partial charge in [-0.15, -0.1) is 0 Å². The Morgan fingerprint density at radius 1 is 1.23 bits per heavy atom. The molecule has 1 atom stereocenters. The maximum Gasteiger partial charge on any atom is 0.191 e. The Bertz CT molecular complexity index is 644. The van der Waals surface area contributed by atoms with Crippen LogP contribution in [0.15, 0.2) is 29.3 Å². The predicted molar refractivity (Wildman–Crippen MR) is 130 cm³/mol. The molecule has 1 saturated heterocycles. The van der Waals surface area contributed by atoms with Crippen molar-refractivity contribution in [1.29, 1.82) is 0 Å². The number of benzene rings is 1. The van der Waals surface area contributed by atoms with Gasteiger partial charge in [0.1, 0.15) is 12.4 Å². The zero-order valence-electron chi connectivity index (χ0n) is 20.3. The van der Waals surface area contributed by atoms with Crippen LogP contribution in [0.4, 0.5) is 0 Å². The topological polar surface area (TPSA) is 58.1 Å². The second-order valence-electron chi connectivity index (χ2n) is 9.03. The van der Waals surface area contributed by atoms with Crippen LogP contribution in [0.3, 0.4) is 0 Å². The largest absolute Gasteiger partial charge is 0.492 e.